The lowest BCUT2D eigenvalue weighted by Gasteiger charge is -2.18. The molecule has 0 aliphatic carbocycles. The van der Waals surface area contributed by atoms with Gasteiger partial charge < -0.3 is 10.2 Å². The number of benzene rings is 2. The normalized spacial score (nSPS) is 13.6. The van der Waals surface area contributed by atoms with Crippen LogP contribution >= 0.6 is 0 Å². The molecular formula is C22H27N5O. The molecule has 1 N–H and O–H groups in total. The molecule has 1 aliphatic heterocycles. The summed E-state index contributed by atoms with van der Waals surface area (Å²) in [6.07, 6.45) is 2.73. The van der Waals surface area contributed by atoms with Crippen molar-refractivity contribution in [3.05, 3.63) is 65.4 Å². The molecule has 0 saturated heterocycles. The van der Waals surface area contributed by atoms with Crippen molar-refractivity contribution in [2.75, 3.05) is 20.6 Å². The highest BCUT2D eigenvalue weighted by atomic mass is 16.2. The molecule has 0 saturated carbocycles. The Morgan fingerprint density at radius 1 is 1.18 bits per heavy atom. The third kappa shape index (κ3) is 4.02. The Labute approximate surface area is 165 Å². The average molecular weight is 377 g/mol. The highest BCUT2D eigenvalue weighted by Crippen LogP contribution is 2.22. The lowest BCUT2D eigenvalue weighted by atomic mass is 10.1. The molecule has 0 bridgehead atoms. The second kappa shape index (κ2) is 8.02. The number of para-hydroxylation sites is 1. The Bertz CT molecular complexity index is 980. The fourth-order valence-corrected chi connectivity index (χ4v) is 3.83. The number of amides is 2. The molecular weight excluding hydrogens is 350 g/mol. The second-order valence-corrected chi connectivity index (χ2v) is 7.64. The van der Waals surface area contributed by atoms with Crippen molar-refractivity contribution in [3.8, 4) is 0 Å². The minimum Gasteiger partial charge on any atom is -0.338 e. The van der Waals surface area contributed by atoms with Crippen LogP contribution in [0.25, 0.3) is 10.9 Å². The van der Waals surface area contributed by atoms with Gasteiger partial charge in [-0.2, -0.15) is 5.10 Å². The fraction of sp³-hybridized carbons (Fsp3) is 0.364. The first-order chi connectivity index (χ1) is 13.6. The van der Waals surface area contributed by atoms with Gasteiger partial charge in [0.25, 0.3) is 0 Å². The summed E-state index contributed by atoms with van der Waals surface area (Å²) >= 11 is 0. The number of hydrogen-bond acceptors (Lipinski definition) is 3. The number of urea groups is 1. The van der Waals surface area contributed by atoms with Crippen LogP contribution in [0.1, 0.15) is 23.1 Å². The van der Waals surface area contributed by atoms with Gasteiger partial charge >= 0.3 is 6.03 Å². The first-order valence-corrected chi connectivity index (χ1v) is 9.79. The molecule has 28 heavy (non-hydrogen) atoms. The summed E-state index contributed by atoms with van der Waals surface area (Å²) in [4.78, 5) is 16.4. The summed E-state index contributed by atoms with van der Waals surface area (Å²) in [6.45, 7) is 4.04. The number of aryl methyl sites for hydroxylation is 1. The molecule has 0 atom stereocenters. The van der Waals surface area contributed by atoms with E-state index in [1.54, 1.807) is 4.90 Å². The molecule has 6 nitrogen and oxygen atoms in total. The standard InChI is InChI=1S/C22H27N5O/c1-25-15-19-9-8-17(12-20(19)16-25)14-26(2)22(28)23-10-5-11-27-21-7-4-3-6-18(21)13-24-27/h3-4,6-9,12-13H,5,10-11,14-16H2,1-2H3,(H,23,28). The van der Waals surface area contributed by atoms with E-state index in [0.717, 1.165) is 37.0 Å². The summed E-state index contributed by atoms with van der Waals surface area (Å²) in [5, 5.41) is 8.58. The molecule has 0 spiro atoms. The molecule has 1 aromatic heterocycles. The first kappa shape index (κ1) is 18.5. The maximum atomic E-state index is 12.4. The summed E-state index contributed by atoms with van der Waals surface area (Å²) in [5.41, 5.74) is 5.08. The molecule has 0 radical (unpaired) electrons. The summed E-state index contributed by atoms with van der Waals surface area (Å²) in [7, 11) is 3.97. The average Bonchev–Trinajstić information content (AvgIpc) is 3.27. The molecule has 6 heteroatoms. The fourth-order valence-electron chi connectivity index (χ4n) is 3.83. The maximum absolute atomic E-state index is 12.4. The van der Waals surface area contributed by atoms with E-state index in [4.69, 9.17) is 0 Å². The number of aromatic nitrogens is 2. The van der Waals surface area contributed by atoms with E-state index in [1.165, 1.54) is 16.7 Å². The van der Waals surface area contributed by atoms with Crippen LogP contribution in [-0.4, -0.2) is 46.3 Å². The number of carbonyl (C=O) groups excluding carboxylic acids is 1. The largest absolute Gasteiger partial charge is 0.338 e. The number of carbonyl (C=O) groups is 1. The van der Waals surface area contributed by atoms with E-state index < -0.39 is 0 Å². The van der Waals surface area contributed by atoms with Crippen molar-refractivity contribution in [2.24, 2.45) is 0 Å². The van der Waals surface area contributed by atoms with E-state index in [0.29, 0.717) is 13.1 Å². The van der Waals surface area contributed by atoms with E-state index in [9.17, 15) is 4.79 Å². The summed E-state index contributed by atoms with van der Waals surface area (Å²) in [6, 6.07) is 14.7. The van der Waals surface area contributed by atoms with Gasteiger partial charge in [-0.1, -0.05) is 36.4 Å². The smallest absolute Gasteiger partial charge is 0.317 e. The third-order valence-corrected chi connectivity index (χ3v) is 5.29. The van der Waals surface area contributed by atoms with Gasteiger partial charge in [-0.05, 0) is 36.2 Å². The van der Waals surface area contributed by atoms with Gasteiger partial charge in [-0.15, -0.1) is 0 Å². The topological polar surface area (TPSA) is 53.4 Å². The molecule has 4 rings (SSSR count). The lowest BCUT2D eigenvalue weighted by molar-refractivity contribution is 0.206. The van der Waals surface area contributed by atoms with Gasteiger partial charge in [0, 0.05) is 45.2 Å². The molecule has 2 amide bonds. The van der Waals surface area contributed by atoms with Crippen molar-refractivity contribution in [1.29, 1.82) is 0 Å². The van der Waals surface area contributed by atoms with Crippen LogP contribution < -0.4 is 5.32 Å². The van der Waals surface area contributed by atoms with Crippen LogP contribution in [0.4, 0.5) is 4.79 Å². The van der Waals surface area contributed by atoms with Crippen LogP contribution in [0.2, 0.25) is 0 Å². The lowest BCUT2D eigenvalue weighted by Crippen LogP contribution is -2.37. The molecule has 146 valence electrons. The van der Waals surface area contributed by atoms with E-state index >= 15 is 0 Å². The highest BCUT2D eigenvalue weighted by Gasteiger charge is 2.16. The van der Waals surface area contributed by atoms with Gasteiger partial charge in [0.15, 0.2) is 0 Å². The van der Waals surface area contributed by atoms with Crippen molar-refractivity contribution >= 4 is 16.9 Å². The monoisotopic (exact) mass is 377 g/mol. The molecule has 3 aromatic rings. The zero-order valence-corrected chi connectivity index (χ0v) is 16.6. The molecule has 2 heterocycles. The van der Waals surface area contributed by atoms with Gasteiger partial charge in [0.1, 0.15) is 0 Å². The summed E-state index contributed by atoms with van der Waals surface area (Å²) < 4.78 is 1.99. The quantitative estimate of drug-likeness (QED) is 0.671. The Hall–Kier alpha value is -2.86. The van der Waals surface area contributed by atoms with E-state index in [2.05, 4.69) is 52.7 Å². The summed E-state index contributed by atoms with van der Waals surface area (Å²) in [5.74, 6) is 0. The van der Waals surface area contributed by atoms with Crippen molar-refractivity contribution in [2.45, 2.75) is 32.6 Å². The van der Waals surface area contributed by atoms with Crippen LogP contribution in [0.5, 0.6) is 0 Å². The van der Waals surface area contributed by atoms with Crippen LogP contribution in [0.3, 0.4) is 0 Å². The molecule has 0 unspecified atom stereocenters. The van der Waals surface area contributed by atoms with E-state index in [1.807, 2.05) is 30.1 Å². The van der Waals surface area contributed by atoms with Gasteiger partial charge in [-0.3, -0.25) is 9.58 Å². The van der Waals surface area contributed by atoms with Crippen LogP contribution in [0.15, 0.2) is 48.7 Å². The van der Waals surface area contributed by atoms with Crippen LogP contribution in [-0.2, 0) is 26.2 Å². The molecule has 1 aliphatic rings. The highest BCUT2D eigenvalue weighted by molar-refractivity contribution is 5.78. The number of nitrogens with zero attached hydrogens (tertiary/aromatic N) is 4. The van der Waals surface area contributed by atoms with Gasteiger partial charge in [0.05, 0.1) is 11.7 Å². The van der Waals surface area contributed by atoms with Gasteiger partial charge in [-0.25, -0.2) is 4.79 Å². The van der Waals surface area contributed by atoms with Gasteiger partial charge in [0.2, 0.25) is 0 Å². The molecule has 0 fully saturated rings. The number of nitrogens with one attached hydrogen (secondary N) is 1. The Kier molecular flexibility index (Phi) is 5.30. The SMILES string of the molecule is CN1Cc2ccc(CN(C)C(=O)NCCCn3ncc4ccccc43)cc2C1. The van der Waals surface area contributed by atoms with Crippen LogP contribution in [0, 0.1) is 0 Å². The number of hydrogen-bond donors (Lipinski definition) is 1. The minimum absolute atomic E-state index is 0.0389. The minimum atomic E-state index is -0.0389. The predicted molar refractivity (Wildman–Crippen MR) is 111 cm³/mol. The van der Waals surface area contributed by atoms with Crippen molar-refractivity contribution < 1.29 is 4.79 Å². The first-order valence-electron chi connectivity index (χ1n) is 9.79. The Balaban J connectivity index is 1.24. The number of fused-ring (bicyclic) bond motifs is 2. The van der Waals surface area contributed by atoms with E-state index in [-0.39, 0.29) is 6.03 Å². The Morgan fingerprint density at radius 2 is 2.00 bits per heavy atom. The third-order valence-electron chi connectivity index (χ3n) is 5.29. The zero-order chi connectivity index (χ0) is 19.5. The second-order valence-electron chi connectivity index (χ2n) is 7.64. The zero-order valence-electron chi connectivity index (χ0n) is 16.6. The predicted octanol–water partition coefficient (Wildman–Crippen LogP) is 3.21. The Morgan fingerprint density at radius 3 is 2.89 bits per heavy atom. The van der Waals surface area contributed by atoms with Crippen molar-refractivity contribution in [3.63, 3.8) is 0 Å². The number of rotatable bonds is 6. The maximum Gasteiger partial charge on any atom is 0.317 e. The van der Waals surface area contributed by atoms with Crippen molar-refractivity contribution in [1.82, 2.24) is 24.9 Å². The molecule has 2 aromatic carbocycles.